The maximum atomic E-state index is 10.9. The minimum atomic E-state index is -0.985. The summed E-state index contributed by atoms with van der Waals surface area (Å²) in [4.78, 5) is 10.9. The van der Waals surface area contributed by atoms with Crippen LogP contribution in [0, 0.1) is 0 Å². The lowest BCUT2D eigenvalue weighted by molar-refractivity contribution is 0.0697. The molecule has 2 rings (SSSR count). The number of nitrogens with zero attached hydrogens (tertiary/aromatic N) is 2. The van der Waals surface area contributed by atoms with Crippen molar-refractivity contribution in [1.82, 2.24) is 0 Å². The number of ether oxygens (including phenoxy) is 1. The van der Waals surface area contributed by atoms with Crippen molar-refractivity contribution in [3.8, 4) is 5.75 Å². The highest BCUT2D eigenvalue weighted by molar-refractivity contribution is 9.10. The second-order valence-corrected chi connectivity index (χ2v) is 5.13. The van der Waals surface area contributed by atoms with E-state index in [1.807, 2.05) is 18.2 Å². The van der Waals surface area contributed by atoms with Crippen molar-refractivity contribution in [1.29, 1.82) is 0 Å². The molecular formula is C15H13BrN2O3. The van der Waals surface area contributed by atoms with E-state index in [9.17, 15) is 4.79 Å². The molecule has 0 aliphatic heterocycles. The Morgan fingerprint density at radius 3 is 2.81 bits per heavy atom. The van der Waals surface area contributed by atoms with E-state index in [0.29, 0.717) is 12.2 Å². The molecule has 1 N–H and O–H groups in total. The van der Waals surface area contributed by atoms with Crippen LogP contribution >= 0.6 is 15.9 Å². The van der Waals surface area contributed by atoms with Gasteiger partial charge in [0.15, 0.2) is 0 Å². The van der Waals surface area contributed by atoms with Crippen LogP contribution in [0.2, 0.25) is 0 Å². The highest BCUT2D eigenvalue weighted by Gasteiger charge is 2.04. The molecule has 0 heterocycles. The molecule has 0 aliphatic rings. The molecule has 0 bridgehead atoms. The lowest BCUT2D eigenvalue weighted by Crippen LogP contribution is -1.94. The zero-order valence-corrected chi connectivity index (χ0v) is 12.9. The van der Waals surface area contributed by atoms with Gasteiger partial charge in [0.05, 0.1) is 24.9 Å². The predicted octanol–water partition coefficient (Wildman–Crippen LogP) is 4.44. The van der Waals surface area contributed by atoms with Crippen molar-refractivity contribution in [2.75, 3.05) is 7.11 Å². The molecule has 21 heavy (non-hydrogen) atoms. The monoisotopic (exact) mass is 348 g/mol. The second-order valence-electron chi connectivity index (χ2n) is 4.21. The summed E-state index contributed by atoms with van der Waals surface area (Å²) in [5, 5.41) is 17.1. The average molecular weight is 349 g/mol. The van der Waals surface area contributed by atoms with E-state index in [4.69, 9.17) is 9.84 Å². The van der Waals surface area contributed by atoms with Crippen LogP contribution < -0.4 is 4.74 Å². The standard InChI is InChI=1S/C15H13BrN2O3/c1-21-14-6-5-12(16)7-11(14)9-17-18-13-4-2-3-10(8-13)15(19)20/h2-8H,9H2,1H3,(H,19,20). The van der Waals surface area contributed by atoms with E-state index in [-0.39, 0.29) is 5.56 Å². The molecule has 2 aromatic rings. The molecule has 0 unspecified atom stereocenters. The Kier molecular flexibility index (Phi) is 5.05. The van der Waals surface area contributed by atoms with Crippen molar-refractivity contribution < 1.29 is 14.6 Å². The highest BCUT2D eigenvalue weighted by atomic mass is 79.9. The van der Waals surface area contributed by atoms with Crippen LogP contribution in [0.5, 0.6) is 5.75 Å². The third-order valence-electron chi connectivity index (χ3n) is 2.76. The van der Waals surface area contributed by atoms with Gasteiger partial charge in [-0.3, -0.25) is 0 Å². The molecule has 0 fully saturated rings. The minimum Gasteiger partial charge on any atom is -0.496 e. The Balaban J connectivity index is 2.14. The fraction of sp³-hybridized carbons (Fsp3) is 0.133. The van der Waals surface area contributed by atoms with Gasteiger partial charge in [0.2, 0.25) is 0 Å². The van der Waals surface area contributed by atoms with Crippen LogP contribution in [0.1, 0.15) is 15.9 Å². The first-order valence-electron chi connectivity index (χ1n) is 6.13. The van der Waals surface area contributed by atoms with Gasteiger partial charge in [-0.2, -0.15) is 10.2 Å². The van der Waals surface area contributed by atoms with Gasteiger partial charge in [0.25, 0.3) is 0 Å². The topological polar surface area (TPSA) is 71.2 Å². The zero-order valence-electron chi connectivity index (χ0n) is 11.3. The molecule has 108 valence electrons. The van der Waals surface area contributed by atoms with Crippen molar-refractivity contribution in [2.24, 2.45) is 10.2 Å². The number of halogens is 1. The number of hydrogen-bond donors (Lipinski definition) is 1. The number of azo groups is 1. The van der Waals surface area contributed by atoms with Crippen LogP contribution in [-0.2, 0) is 6.54 Å². The lowest BCUT2D eigenvalue weighted by Gasteiger charge is -2.05. The number of benzene rings is 2. The summed E-state index contributed by atoms with van der Waals surface area (Å²) < 4.78 is 6.19. The Morgan fingerprint density at radius 2 is 2.10 bits per heavy atom. The number of carboxylic acids is 1. The number of hydrogen-bond acceptors (Lipinski definition) is 4. The van der Waals surface area contributed by atoms with E-state index in [1.165, 1.54) is 12.1 Å². The molecular weight excluding hydrogens is 336 g/mol. The average Bonchev–Trinajstić information content (AvgIpc) is 2.48. The van der Waals surface area contributed by atoms with Gasteiger partial charge in [-0.05, 0) is 36.4 Å². The summed E-state index contributed by atoms with van der Waals surface area (Å²) in [7, 11) is 1.60. The number of carboxylic acid groups (broad SMARTS) is 1. The summed E-state index contributed by atoms with van der Waals surface area (Å²) in [5.41, 5.74) is 1.58. The second kappa shape index (κ2) is 6.99. The largest absolute Gasteiger partial charge is 0.496 e. The molecule has 0 amide bonds. The van der Waals surface area contributed by atoms with Gasteiger partial charge >= 0.3 is 5.97 Å². The smallest absolute Gasteiger partial charge is 0.335 e. The SMILES string of the molecule is COc1ccc(Br)cc1CN=Nc1cccc(C(=O)O)c1. The van der Waals surface area contributed by atoms with Gasteiger partial charge in [-0.1, -0.05) is 22.0 Å². The Hall–Kier alpha value is -2.21. The van der Waals surface area contributed by atoms with Crippen LogP contribution in [0.4, 0.5) is 5.69 Å². The van der Waals surface area contributed by atoms with Crippen LogP contribution in [0.15, 0.2) is 57.2 Å². The highest BCUT2D eigenvalue weighted by Crippen LogP contribution is 2.24. The Morgan fingerprint density at radius 1 is 1.29 bits per heavy atom. The predicted molar refractivity (Wildman–Crippen MR) is 82.3 cm³/mol. The van der Waals surface area contributed by atoms with E-state index in [1.54, 1.807) is 19.2 Å². The molecule has 0 saturated heterocycles. The normalized spacial score (nSPS) is 10.8. The summed E-state index contributed by atoms with van der Waals surface area (Å²) >= 11 is 3.39. The zero-order chi connectivity index (χ0) is 15.2. The fourth-order valence-corrected chi connectivity index (χ4v) is 2.17. The van der Waals surface area contributed by atoms with Gasteiger partial charge in [-0.15, -0.1) is 0 Å². The van der Waals surface area contributed by atoms with E-state index in [0.717, 1.165) is 15.8 Å². The number of aromatic carboxylic acids is 1. The molecule has 0 aromatic heterocycles. The summed E-state index contributed by atoms with van der Waals surface area (Å²) in [6, 6.07) is 12.0. The molecule has 0 aliphatic carbocycles. The first kappa shape index (κ1) is 15.2. The number of carbonyl (C=O) groups is 1. The van der Waals surface area contributed by atoms with E-state index >= 15 is 0 Å². The van der Waals surface area contributed by atoms with Gasteiger partial charge in [-0.25, -0.2) is 4.79 Å². The quantitative estimate of drug-likeness (QED) is 0.811. The Labute approximate surface area is 130 Å². The van der Waals surface area contributed by atoms with Crippen molar-refractivity contribution in [3.05, 3.63) is 58.1 Å². The van der Waals surface area contributed by atoms with Crippen molar-refractivity contribution >= 4 is 27.6 Å². The van der Waals surface area contributed by atoms with Gasteiger partial charge in [0, 0.05) is 10.0 Å². The van der Waals surface area contributed by atoms with E-state index < -0.39 is 5.97 Å². The molecule has 5 nitrogen and oxygen atoms in total. The lowest BCUT2D eigenvalue weighted by atomic mass is 10.2. The minimum absolute atomic E-state index is 0.187. The Bertz CT molecular complexity index is 686. The number of rotatable bonds is 5. The summed E-state index contributed by atoms with van der Waals surface area (Å²) in [6.07, 6.45) is 0. The van der Waals surface area contributed by atoms with Gasteiger partial charge in [0.1, 0.15) is 5.75 Å². The molecule has 0 spiro atoms. The van der Waals surface area contributed by atoms with Crippen LogP contribution in [-0.4, -0.2) is 18.2 Å². The van der Waals surface area contributed by atoms with Crippen molar-refractivity contribution in [3.63, 3.8) is 0 Å². The van der Waals surface area contributed by atoms with Crippen LogP contribution in [0.3, 0.4) is 0 Å². The summed E-state index contributed by atoms with van der Waals surface area (Å²) in [6.45, 7) is 0.347. The molecule has 0 saturated carbocycles. The first-order valence-corrected chi connectivity index (χ1v) is 6.92. The first-order chi connectivity index (χ1) is 10.1. The molecule has 0 radical (unpaired) electrons. The third kappa shape index (κ3) is 4.13. The summed E-state index contributed by atoms with van der Waals surface area (Å²) in [5.74, 6) is -0.253. The maximum Gasteiger partial charge on any atom is 0.335 e. The molecule has 2 aromatic carbocycles. The fourth-order valence-electron chi connectivity index (χ4n) is 1.77. The van der Waals surface area contributed by atoms with Gasteiger partial charge < -0.3 is 9.84 Å². The maximum absolute atomic E-state index is 10.9. The third-order valence-corrected chi connectivity index (χ3v) is 3.26. The number of methoxy groups -OCH3 is 1. The van der Waals surface area contributed by atoms with Crippen molar-refractivity contribution in [2.45, 2.75) is 6.54 Å². The molecule has 0 atom stereocenters. The molecule has 6 heteroatoms. The van der Waals surface area contributed by atoms with E-state index in [2.05, 4.69) is 26.2 Å². The van der Waals surface area contributed by atoms with Crippen LogP contribution in [0.25, 0.3) is 0 Å².